The van der Waals surface area contributed by atoms with E-state index in [-0.39, 0.29) is 6.54 Å². The molecule has 15 heavy (non-hydrogen) atoms. The van der Waals surface area contributed by atoms with E-state index in [9.17, 15) is 8.78 Å². The summed E-state index contributed by atoms with van der Waals surface area (Å²) in [4.78, 5) is 3.90. The predicted octanol–water partition coefficient (Wildman–Crippen LogP) is 1.67. The Morgan fingerprint density at radius 3 is 2.33 bits per heavy atom. The van der Waals surface area contributed by atoms with Crippen molar-refractivity contribution in [1.29, 1.82) is 0 Å². The molecule has 2 nitrogen and oxygen atoms in total. The SMILES string of the molecule is CCCN1CCC2(CN(C)C2)C(F)(F)C1. The molecule has 88 valence electrons. The van der Waals surface area contributed by atoms with E-state index in [1.807, 2.05) is 23.8 Å². The monoisotopic (exact) mass is 218 g/mol. The van der Waals surface area contributed by atoms with Crippen LogP contribution in [0.5, 0.6) is 0 Å². The normalized spacial score (nSPS) is 30.4. The van der Waals surface area contributed by atoms with Crippen molar-refractivity contribution in [2.75, 3.05) is 39.8 Å². The number of piperidine rings is 1. The predicted molar refractivity (Wildman–Crippen MR) is 56.2 cm³/mol. The molecule has 0 bridgehead atoms. The first-order valence-corrected chi connectivity index (χ1v) is 5.78. The van der Waals surface area contributed by atoms with Crippen LogP contribution in [-0.2, 0) is 0 Å². The standard InChI is InChI=1S/C11H20F2N2/c1-3-5-15-6-4-10(7-14(2)8-10)11(12,13)9-15/h3-9H2,1-2H3. The van der Waals surface area contributed by atoms with Gasteiger partial charge in [-0.2, -0.15) is 0 Å². The fourth-order valence-corrected chi connectivity index (χ4v) is 2.97. The average Bonchev–Trinajstić information content (AvgIpc) is 2.08. The number of likely N-dealkylation sites (tertiary alicyclic amines) is 2. The van der Waals surface area contributed by atoms with Crippen molar-refractivity contribution in [2.45, 2.75) is 25.7 Å². The van der Waals surface area contributed by atoms with Crippen LogP contribution < -0.4 is 0 Å². The Labute approximate surface area is 90.2 Å². The fourth-order valence-electron chi connectivity index (χ4n) is 2.97. The van der Waals surface area contributed by atoms with E-state index in [4.69, 9.17) is 0 Å². The minimum absolute atomic E-state index is 0.0331. The summed E-state index contributed by atoms with van der Waals surface area (Å²) in [5.74, 6) is -2.49. The molecule has 2 heterocycles. The Morgan fingerprint density at radius 1 is 1.20 bits per heavy atom. The molecule has 0 saturated carbocycles. The van der Waals surface area contributed by atoms with Gasteiger partial charge in [-0.1, -0.05) is 6.92 Å². The van der Waals surface area contributed by atoms with Crippen LogP contribution in [-0.4, -0.2) is 55.5 Å². The van der Waals surface area contributed by atoms with Gasteiger partial charge in [0.15, 0.2) is 0 Å². The second-order valence-corrected chi connectivity index (χ2v) is 5.18. The van der Waals surface area contributed by atoms with Gasteiger partial charge in [0.05, 0.1) is 12.0 Å². The maximum atomic E-state index is 14.0. The third kappa shape index (κ3) is 1.78. The van der Waals surface area contributed by atoms with E-state index in [2.05, 4.69) is 0 Å². The van der Waals surface area contributed by atoms with Crippen LogP contribution in [0.15, 0.2) is 0 Å². The molecule has 1 spiro atoms. The lowest BCUT2D eigenvalue weighted by Gasteiger charge is -2.56. The van der Waals surface area contributed by atoms with Crippen LogP contribution in [0, 0.1) is 5.41 Å². The molecule has 0 aromatic carbocycles. The molecule has 2 saturated heterocycles. The number of halogens is 2. The molecular formula is C11H20F2N2. The van der Waals surface area contributed by atoms with Crippen LogP contribution in [0.2, 0.25) is 0 Å². The summed E-state index contributed by atoms with van der Waals surface area (Å²) in [5.41, 5.74) is -0.702. The Bertz CT molecular complexity index is 237. The zero-order valence-corrected chi connectivity index (χ0v) is 9.60. The molecule has 0 aliphatic carbocycles. The van der Waals surface area contributed by atoms with Gasteiger partial charge in [0.1, 0.15) is 0 Å². The highest BCUT2D eigenvalue weighted by molar-refractivity contribution is 5.06. The summed E-state index contributed by atoms with van der Waals surface area (Å²) < 4.78 is 28.0. The third-order valence-corrected chi connectivity index (χ3v) is 3.79. The number of hydrogen-bond acceptors (Lipinski definition) is 2. The van der Waals surface area contributed by atoms with Crippen molar-refractivity contribution in [1.82, 2.24) is 9.80 Å². The Balaban J connectivity index is 2.01. The Morgan fingerprint density at radius 2 is 1.87 bits per heavy atom. The zero-order chi connectivity index (χ0) is 11.1. The van der Waals surface area contributed by atoms with Gasteiger partial charge in [-0.25, -0.2) is 8.78 Å². The van der Waals surface area contributed by atoms with E-state index < -0.39 is 11.3 Å². The molecule has 0 aromatic rings. The second-order valence-electron chi connectivity index (χ2n) is 5.18. The van der Waals surface area contributed by atoms with Crippen LogP contribution in [0.3, 0.4) is 0 Å². The lowest BCUT2D eigenvalue weighted by Crippen LogP contribution is -2.69. The second kappa shape index (κ2) is 3.67. The first-order chi connectivity index (χ1) is 6.99. The number of alkyl halides is 2. The molecule has 0 atom stereocenters. The largest absolute Gasteiger partial charge is 0.305 e. The van der Waals surface area contributed by atoms with E-state index in [1.54, 1.807) is 0 Å². The zero-order valence-electron chi connectivity index (χ0n) is 9.60. The quantitative estimate of drug-likeness (QED) is 0.695. The summed E-state index contributed by atoms with van der Waals surface area (Å²) in [5, 5.41) is 0. The Hall–Kier alpha value is -0.220. The number of rotatable bonds is 2. The highest BCUT2D eigenvalue weighted by atomic mass is 19.3. The first kappa shape index (κ1) is 11.3. The molecule has 0 N–H and O–H groups in total. The van der Waals surface area contributed by atoms with Crippen LogP contribution in [0.25, 0.3) is 0 Å². The average molecular weight is 218 g/mol. The molecule has 2 rings (SSSR count). The molecule has 0 unspecified atom stereocenters. The molecule has 2 aliphatic heterocycles. The van der Waals surface area contributed by atoms with Gasteiger partial charge in [-0.15, -0.1) is 0 Å². The van der Waals surface area contributed by atoms with Gasteiger partial charge in [-0.3, -0.25) is 4.90 Å². The molecular weight excluding hydrogens is 198 g/mol. The number of hydrogen-bond donors (Lipinski definition) is 0. The van der Waals surface area contributed by atoms with Crippen molar-refractivity contribution in [3.05, 3.63) is 0 Å². The van der Waals surface area contributed by atoms with Crippen molar-refractivity contribution in [3.63, 3.8) is 0 Å². The smallest absolute Gasteiger partial charge is 0.268 e. The summed E-state index contributed by atoms with van der Waals surface area (Å²) in [6.07, 6.45) is 1.62. The summed E-state index contributed by atoms with van der Waals surface area (Å²) in [6.45, 7) is 4.80. The summed E-state index contributed by atoms with van der Waals surface area (Å²) >= 11 is 0. The van der Waals surface area contributed by atoms with Crippen LogP contribution in [0.1, 0.15) is 19.8 Å². The van der Waals surface area contributed by atoms with Crippen molar-refractivity contribution in [3.8, 4) is 0 Å². The fraction of sp³-hybridized carbons (Fsp3) is 1.00. The Kier molecular flexibility index (Phi) is 2.75. The van der Waals surface area contributed by atoms with Gasteiger partial charge in [-0.05, 0) is 33.0 Å². The molecule has 2 aliphatic rings. The lowest BCUT2D eigenvalue weighted by atomic mass is 9.69. The van der Waals surface area contributed by atoms with Crippen LogP contribution in [0.4, 0.5) is 8.78 Å². The van der Waals surface area contributed by atoms with E-state index in [0.29, 0.717) is 19.5 Å². The summed E-state index contributed by atoms with van der Waals surface area (Å²) in [7, 11) is 1.92. The minimum atomic E-state index is -2.49. The van der Waals surface area contributed by atoms with E-state index in [1.165, 1.54) is 0 Å². The van der Waals surface area contributed by atoms with Crippen molar-refractivity contribution >= 4 is 0 Å². The highest BCUT2D eigenvalue weighted by Crippen LogP contribution is 2.49. The molecule has 0 radical (unpaired) electrons. The maximum absolute atomic E-state index is 14.0. The van der Waals surface area contributed by atoms with Gasteiger partial charge < -0.3 is 4.90 Å². The van der Waals surface area contributed by atoms with Gasteiger partial charge in [0.25, 0.3) is 5.92 Å². The highest BCUT2D eigenvalue weighted by Gasteiger charge is 2.61. The summed E-state index contributed by atoms with van der Waals surface area (Å²) in [6, 6.07) is 0. The molecule has 0 aromatic heterocycles. The van der Waals surface area contributed by atoms with Gasteiger partial charge in [0, 0.05) is 13.1 Å². The van der Waals surface area contributed by atoms with Crippen LogP contribution >= 0.6 is 0 Å². The molecule has 0 amide bonds. The number of nitrogens with zero attached hydrogens (tertiary/aromatic N) is 2. The third-order valence-electron chi connectivity index (χ3n) is 3.79. The molecule has 2 fully saturated rings. The van der Waals surface area contributed by atoms with Crippen molar-refractivity contribution in [2.24, 2.45) is 5.41 Å². The van der Waals surface area contributed by atoms with Gasteiger partial charge in [0.2, 0.25) is 0 Å². The molecule has 4 heteroatoms. The van der Waals surface area contributed by atoms with Crippen molar-refractivity contribution < 1.29 is 8.78 Å². The van der Waals surface area contributed by atoms with Gasteiger partial charge >= 0.3 is 0 Å². The van der Waals surface area contributed by atoms with E-state index >= 15 is 0 Å². The first-order valence-electron chi connectivity index (χ1n) is 5.78. The maximum Gasteiger partial charge on any atom is 0.268 e. The minimum Gasteiger partial charge on any atom is -0.305 e. The van der Waals surface area contributed by atoms with E-state index in [0.717, 1.165) is 19.5 Å². The topological polar surface area (TPSA) is 6.48 Å². The lowest BCUT2D eigenvalue weighted by molar-refractivity contribution is -0.219.